The van der Waals surface area contributed by atoms with E-state index in [0.29, 0.717) is 27.3 Å². The summed E-state index contributed by atoms with van der Waals surface area (Å²) in [5, 5.41) is 0.648. The fourth-order valence-electron chi connectivity index (χ4n) is 3.50. The number of aromatic amines is 1. The topological polar surface area (TPSA) is 107 Å². The molecule has 0 saturated carbocycles. The highest BCUT2D eigenvalue weighted by molar-refractivity contribution is 8.26. The van der Waals surface area contributed by atoms with E-state index in [1.54, 1.807) is 4.90 Å². The van der Waals surface area contributed by atoms with Gasteiger partial charge >= 0.3 is 0 Å². The largest absolute Gasteiger partial charge is 0.333 e. The van der Waals surface area contributed by atoms with Crippen LogP contribution >= 0.6 is 35.7 Å². The Morgan fingerprint density at radius 2 is 1.78 bits per heavy atom. The Morgan fingerprint density at radius 1 is 1.03 bits per heavy atom. The van der Waals surface area contributed by atoms with Gasteiger partial charge in [0.2, 0.25) is 11.8 Å². The van der Waals surface area contributed by atoms with Crippen molar-refractivity contribution in [3.63, 3.8) is 0 Å². The van der Waals surface area contributed by atoms with E-state index in [1.807, 2.05) is 60.7 Å². The number of thiocarbonyl (C=S) groups is 1. The van der Waals surface area contributed by atoms with Gasteiger partial charge in [-0.3, -0.25) is 30.1 Å². The smallest absolute Gasteiger partial charge is 0.266 e. The average molecular weight is 540 g/mol. The first-order valence-electron chi connectivity index (χ1n) is 11.5. The summed E-state index contributed by atoms with van der Waals surface area (Å²) < 4.78 is 0.558. The molecule has 0 aliphatic carbocycles. The lowest BCUT2D eigenvalue weighted by Gasteiger charge is -2.14. The minimum Gasteiger partial charge on any atom is -0.333 e. The maximum Gasteiger partial charge on any atom is 0.266 e. The Labute approximate surface area is 222 Å². The number of H-pyrrole nitrogens is 1. The maximum atomic E-state index is 12.7. The van der Waals surface area contributed by atoms with Crippen molar-refractivity contribution in [2.24, 2.45) is 0 Å². The molecule has 0 atom stereocenters. The van der Waals surface area contributed by atoms with Crippen molar-refractivity contribution in [2.75, 3.05) is 12.3 Å². The third kappa shape index (κ3) is 7.19. The number of rotatable bonds is 10. The van der Waals surface area contributed by atoms with Gasteiger partial charge in [0.25, 0.3) is 5.91 Å². The SMILES string of the molecule is O=C(CCCCCN1C(=O)C(=Cc2ccccc2)SC1=S)NNC(=O)CSc1nc2ccccc2[nH]1. The lowest BCUT2D eigenvalue weighted by atomic mass is 10.2. The number of nitrogens with one attached hydrogen (secondary N) is 3. The summed E-state index contributed by atoms with van der Waals surface area (Å²) >= 11 is 7.95. The Bertz CT molecular complexity index is 1260. The normalized spacial score (nSPS) is 14.6. The molecule has 3 aromatic rings. The van der Waals surface area contributed by atoms with Crippen LogP contribution in [0.25, 0.3) is 17.1 Å². The molecule has 2 aromatic carbocycles. The van der Waals surface area contributed by atoms with Crippen molar-refractivity contribution in [3.8, 4) is 0 Å². The molecule has 3 amide bonds. The van der Waals surface area contributed by atoms with Crippen LogP contribution < -0.4 is 10.9 Å². The van der Waals surface area contributed by atoms with Crippen molar-refractivity contribution in [1.82, 2.24) is 25.7 Å². The highest BCUT2D eigenvalue weighted by Gasteiger charge is 2.31. The van der Waals surface area contributed by atoms with E-state index in [0.717, 1.165) is 29.4 Å². The second kappa shape index (κ2) is 12.7. The second-order valence-corrected chi connectivity index (χ2v) is 10.6. The number of imidazole rings is 1. The van der Waals surface area contributed by atoms with Crippen molar-refractivity contribution in [1.29, 1.82) is 0 Å². The van der Waals surface area contributed by atoms with Gasteiger partial charge in [-0.05, 0) is 36.6 Å². The molecular formula is C25H25N5O3S3. The minimum absolute atomic E-state index is 0.0742. The van der Waals surface area contributed by atoms with Gasteiger partial charge in [-0.25, -0.2) is 4.98 Å². The summed E-state index contributed by atoms with van der Waals surface area (Å²) in [4.78, 5) is 46.5. The highest BCUT2D eigenvalue weighted by atomic mass is 32.2. The monoisotopic (exact) mass is 539 g/mol. The molecule has 186 valence electrons. The van der Waals surface area contributed by atoms with Gasteiger partial charge in [-0.15, -0.1) is 0 Å². The van der Waals surface area contributed by atoms with Gasteiger partial charge in [0, 0.05) is 13.0 Å². The Balaban J connectivity index is 1.09. The molecule has 8 nitrogen and oxygen atoms in total. The van der Waals surface area contributed by atoms with Crippen LogP contribution in [0.15, 0.2) is 64.7 Å². The number of benzene rings is 2. The molecule has 0 bridgehead atoms. The zero-order chi connectivity index (χ0) is 25.3. The van der Waals surface area contributed by atoms with E-state index in [4.69, 9.17) is 12.2 Å². The standard InChI is InChI=1S/C25H25N5O3S3/c31-21(28-29-22(32)16-35-24-26-18-11-6-7-12-19(18)27-24)13-5-2-8-14-30-23(33)20(36-25(30)34)15-17-9-3-1-4-10-17/h1,3-4,6-7,9-12,15H,2,5,8,13-14,16H2,(H,26,27)(H,28,31)(H,29,32). The van der Waals surface area contributed by atoms with Crippen LogP contribution in [0.2, 0.25) is 0 Å². The second-order valence-electron chi connectivity index (χ2n) is 8.00. The number of para-hydroxylation sites is 2. The molecule has 36 heavy (non-hydrogen) atoms. The summed E-state index contributed by atoms with van der Waals surface area (Å²) in [5.41, 5.74) is 7.58. The van der Waals surface area contributed by atoms with Crippen LogP contribution in [-0.2, 0) is 14.4 Å². The number of nitrogens with zero attached hydrogens (tertiary/aromatic N) is 2. The van der Waals surface area contributed by atoms with Gasteiger partial charge in [0.1, 0.15) is 4.32 Å². The molecule has 1 aliphatic rings. The van der Waals surface area contributed by atoms with Crippen LogP contribution in [0.4, 0.5) is 0 Å². The summed E-state index contributed by atoms with van der Waals surface area (Å²) in [5.74, 6) is -0.516. The van der Waals surface area contributed by atoms with Gasteiger partial charge in [-0.1, -0.05) is 84.6 Å². The molecule has 1 saturated heterocycles. The number of unbranched alkanes of at least 4 members (excludes halogenated alkanes) is 2. The number of amides is 3. The van der Waals surface area contributed by atoms with Gasteiger partial charge in [-0.2, -0.15) is 0 Å². The van der Waals surface area contributed by atoms with Gasteiger partial charge in [0.05, 0.1) is 21.7 Å². The third-order valence-corrected chi connectivity index (χ3v) is 7.56. The maximum absolute atomic E-state index is 12.7. The van der Waals surface area contributed by atoms with E-state index in [9.17, 15) is 14.4 Å². The molecule has 4 rings (SSSR count). The van der Waals surface area contributed by atoms with E-state index in [-0.39, 0.29) is 29.9 Å². The molecular weight excluding hydrogens is 515 g/mol. The van der Waals surface area contributed by atoms with Crippen LogP contribution in [0, 0.1) is 0 Å². The van der Waals surface area contributed by atoms with Crippen LogP contribution in [0.1, 0.15) is 31.2 Å². The number of carbonyl (C=O) groups is 3. The number of hydrogen-bond donors (Lipinski definition) is 3. The number of carbonyl (C=O) groups excluding carboxylic acids is 3. The molecule has 0 radical (unpaired) electrons. The Morgan fingerprint density at radius 3 is 2.58 bits per heavy atom. The van der Waals surface area contributed by atoms with E-state index < -0.39 is 0 Å². The summed E-state index contributed by atoms with van der Waals surface area (Å²) in [6.07, 6.45) is 4.28. The fraction of sp³-hybridized carbons (Fsp3) is 0.240. The lowest BCUT2D eigenvalue weighted by molar-refractivity contribution is -0.127. The summed E-state index contributed by atoms with van der Waals surface area (Å²) in [7, 11) is 0. The summed E-state index contributed by atoms with van der Waals surface area (Å²) in [6, 6.07) is 17.3. The first kappa shape index (κ1) is 25.9. The Hall–Kier alpha value is -3.15. The number of hydrogen-bond acceptors (Lipinski definition) is 7. The first-order valence-corrected chi connectivity index (χ1v) is 13.7. The van der Waals surface area contributed by atoms with Crippen LogP contribution in [0.3, 0.4) is 0 Å². The average Bonchev–Trinajstić information content (AvgIpc) is 3.42. The van der Waals surface area contributed by atoms with E-state index in [2.05, 4.69) is 20.8 Å². The summed E-state index contributed by atoms with van der Waals surface area (Å²) in [6.45, 7) is 0.522. The molecule has 11 heteroatoms. The lowest BCUT2D eigenvalue weighted by Crippen LogP contribution is -2.42. The van der Waals surface area contributed by atoms with E-state index >= 15 is 0 Å². The fourth-order valence-corrected chi connectivity index (χ4v) is 5.49. The van der Waals surface area contributed by atoms with Crippen molar-refractivity contribution >= 4 is 74.9 Å². The molecule has 2 heterocycles. The number of aromatic nitrogens is 2. The van der Waals surface area contributed by atoms with Crippen molar-refractivity contribution in [2.45, 2.75) is 30.8 Å². The van der Waals surface area contributed by atoms with Crippen LogP contribution in [-0.4, -0.2) is 49.2 Å². The predicted molar refractivity (Wildman–Crippen MR) is 148 cm³/mol. The predicted octanol–water partition coefficient (Wildman–Crippen LogP) is 4.26. The molecule has 0 unspecified atom stereocenters. The zero-order valence-electron chi connectivity index (χ0n) is 19.4. The molecule has 1 aromatic heterocycles. The highest BCUT2D eigenvalue weighted by Crippen LogP contribution is 2.32. The molecule has 1 fully saturated rings. The number of fused-ring (bicyclic) bond motifs is 1. The van der Waals surface area contributed by atoms with Crippen molar-refractivity contribution < 1.29 is 14.4 Å². The number of thioether (sulfide) groups is 2. The first-order chi connectivity index (χ1) is 17.5. The van der Waals surface area contributed by atoms with Crippen molar-refractivity contribution in [3.05, 3.63) is 65.1 Å². The molecule has 3 N–H and O–H groups in total. The Kier molecular flexibility index (Phi) is 9.15. The molecule has 0 spiro atoms. The van der Waals surface area contributed by atoms with Crippen LogP contribution in [0.5, 0.6) is 0 Å². The molecule has 1 aliphatic heterocycles. The van der Waals surface area contributed by atoms with E-state index in [1.165, 1.54) is 23.5 Å². The zero-order valence-corrected chi connectivity index (χ0v) is 21.8. The van der Waals surface area contributed by atoms with Gasteiger partial charge in [0.15, 0.2) is 5.16 Å². The minimum atomic E-state index is -0.313. The number of hydrazine groups is 1. The van der Waals surface area contributed by atoms with Gasteiger partial charge < -0.3 is 4.98 Å². The quantitative estimate of drug-likeness (QED) is 0.116. The third-order valence-electron chi connectivity index (χ3n) is 5.31.